The van der Waals surface area contributed by atoms with Crippen molar-refractivity contribution in [3.63, 3.8) is 0 Å². The van der Waals surface area contributed by atoms with Crippen LogP contribution in [-0.2, 0) is 0 Å². The molecular weight excluding hydrogens is 251 g/mol. The lowest BCUT2D eigenvalue weighted by molar-refractivity contribution is 0.0729. The van der Waals surface area contributed by atoms with E-state index in [1.165, 1.54) is 24.3 Å². The van der Waals surface area contributed by atoms with Gasteiger partial charge in [0.15, 0.2) is 11.5 Å². The number of hydrogen-bond donors (Lipinski definition) is 0. The largest absolute Gasteiger partial charge is 0.454 e. The first kappa shape index (κ1) is 11.5. The van der Waals surface area contributed by atoms with E-state index < -0.39 is 11.8 Å². The molecule has 0 spiro atoms. The number of rotatable bonds is 2. The molecule has 0 aliphatic carbocycles. The summed E-state index contributed by atoms with van der Waals surface area (Å²) < 4.78 is 28.8. The van der Waals surface area contributed by atoms with Crippen LogP contribution in [0.25, 0.3) is 0 Å². The van der Waals surface area contributed by atoms with E-state index in [0.29, 0.717) is 11.5 Å². The van der Waals surface area contributed by atoms with Crippen LogP contribution < -0.4 is 14.2 Å². The SMILES string of the molecule is O=C(Oc1ccc2c(c1)OCO2)c1ccccc1F. The third kappa shape index (κ3) is 2.22. The van der Waals surface area contributed by atoms with Gasteiger partial charge in [-0.05, 0) is 24.3 Å². The molecule has 4 nitrogen and oxygen atoms in total. The zero-order valence-electron chi connectivity index (χ0n) is 9.76. The van der Waals surface area contributed by atoms with E-state index in [1.54, 1.807) is 18.2 Å². The summed E-state index contributed by atoms with van der Waals surface area (Å²) in [6.45, 7) is 0.139. The molecule has 19 heavy (non-hydrogen) atoms. The van der Waals surface area contributed by atoms with Crippen molar-refractivity contribution < 1.29 is 23.4 Å². The van der Waals surface area contributed by atoms with Crippen molar-refractivity contribution in [2.24, 2.45) is 0 Å². The standard InChI is InChI=1S/C14H9FO4/c15-11-4-2-1-3-10(11)14(16)19-9-5-6-12-13(7-9)18-8-17-12/h1-7H,8H2. The van der Waals surface area contributed by atoms with E-state index >= 15 is 0 Å². The van der Waals surface area contributed by atoms with Gasteiger partial charge in [-0.1, -0.05) is 12.1 Å². The minimum atomic E-state index is -0.753. The summed E-state index contributed by atoms with van der Waals surface area (Å²) in [5.41, 5.74) is -0.111. The number of esters is 1. The molecule has 0 radical (unpaired) electrons. The normalized spacial score (nSPS) is 12.3. The van der Waals surface area contributed by atoms with Gasteiger partial charge in [-0.3, -0.25) is 0 Å². The van der Waals surface area contributed by atoms with Crippen LogP contribution in [-0.4, -0.2) is 12.8 Å². The molecule has 0 bridgehead atoms. The van der Waals surface area contributed by atoms with Gasteiger partial charge >= 0.3 is 5.97 Å². The number of ether oxygens (including phenoxy) is 3. The third-order valence-corrected chi connectivity index (χ3v) is 2.65. The second-order valence-corrected chi connectivity index (χ2v) is 3.88. The second kappa shape index (κ2) is 4.61. The fourth-order valence-electron chi connectivity index (χ4n) is 1.73. The summed E-state index contributed by atoms with van der Waals surface area (Å²) in [5.74, 6) is -0.00719. The minimum absolute atomic E-state index is 0.111. The van der Waals surface area contributed by atoms with Crippen LogP contribution in [0.5, 0.6) is 17.2 Å². The monoisotopic (exact) mass is 260 g/mol. The highest BCUT2D eigenvalue weighted by atomic mass is 19.1. The van der Waals surface area contributed by atoms with E-state index in [2.05, 4.69) is 0 Å². The zero-order chi connectivity index (χ0) is 13.2. The molecule has 1 aliphatic heterocycles. The minimum Gasteiger partial charge on any atom is -0.454 e. The van der Waals surface area contributed by atoms with Gasteiger partial charge in [-0.2, -0.15) is 0 Å². The van der Waals surface area contributed by atoms with Crippen molar-refractivity contribution in [3.8, 4) is 17.2 Å². The fraction of sp³-hybridized carbons (Fsp3) is 0.0714. The first-order chi connectivity index (χ1) is 9.24. The van der Waals surface area contributed by atoms with Gasteiger partial charge in [-0.15, -0.1) is 0 Å². The van der Waals surface area contributed by atoms with Crippen molar-refractivity contribution in [1.82, 2.24) is 0 Å². The van der Waals surface area contributed by atoms with Crippen molar-refractivity contribution in [2.75, 3.05) is 6.79 Å². The Bertz CT molecular complexity index is 639. The van der Waals surface area contributed by atoms with Gasteiger partial charge in [0.1, 0.15) is 11.6 Å². The summed E-state index contributed by atoms with van der Waals surface area (Å²) in [5, 5.41) is 0. The summed E-state index contributed by atoms with van der Waals surface area (Å²) in [4.78, 5) is 11.8. The molecule has 0 saturated carbocycles. The summed E-state index contributed by atoms with van der Waals surface area (Å²) >= 11 is 0. The Hall–Kier alpha value is -2.56. The highest BCUT2D eigenvalue weighted by Gasteiger charge is 2.17. The molecular formula is C14H9FO4. The van der Waals surface area contributed by atoms with Gasteiger partial charge in [0, 0.05) is 6.07 Å². The number of halogens is 1. The van der Waals surface area contributed by atoms with E-state index in [4.69, 9.17) is 14.2 Å². The van der Waals surface area contributed by atoms with Gasteiger partial charge in [0.2, 0.25) is 6.79 Å². The van der Waals surface area contributed by atoms with Gasteiger partial charge in [0.05, 0.1) is 5.56 Å². The van der Waals surface area contributed by atoms with Crippen molar-refractivity contribution >= 4 is 5.97 Å². The first-order valence-electron chi connectivity index (χ1n) is 5.60. The lowest BCUT2D eigenvalue weighted by Crippen LogP contribution is -2.10. The predicted octanol–water partition coefficient (Wildman–Crippen LogP) is 2.77. The molecule has 0 atom stereocenters. The molecule has 1 heterocycles. The molecule has 0 N–H and O–H groups in total. The molecule has 2 aromatic carbocycles. The zero-order valence-corrected chi connectivity index (χ0v) is 9.76. The van der Waals surface area contributed by atoms with Crippen LogP contribution in [0, 0.1) is 5.82 Å². The fourth-order valence-corrected chi connectivity index (χ4v) is 1.73. The average molecular weight is 260 g/mol. The Kier molecular flexibility index (Phi) is 2.79. The topological polar surface area (TPSA) is 44.8 Å². The smallest absolute Gasteiger partial charge is 0.346 e. The maximum atomic E-state index is 13.4. The molecule has 0 saturated heterocycles. The molecule has 0 unspecified atom stereocenters. The van der Waals surface area contributed by atoms with Crippen molar-refractivity contribution in [3.05, 3.63) is 53.8 Å². The van der Waals surface area contributed by atoms with Crippen LogP contribution in [0.3, 0.4) is 0 Å². The Morgan fingerprint density at radius 2 is 1.89 bits per heavy atom. The van der Waals surface area contributed by atoms with Crippen LogP contribution >= 0.6 is 0 Å². The van der Waals surface area contributed by atoms with Crippen LogP contribution in [0.2, 0.25) is 0 Å². The third-order valence-electron chi connectivity index (χ3n) is 2.65. The lowest BCUT2D eigenvalue weighted by atomic mass is 10.2. The molecule has 1 aliphatic rings. The molecule has 5 heteroatoms. The predicted molar refractivity (Wildman–Crippen MR) is 63.9 cm³/mol. The Labute approximate surface area is 108 Å². The number of benzene rings is 2. The summed E-state index contributed by atoms with van der Waals surface area (Å²) in [7, 11) is 0. The quantitative estimate of drug-likeness (QED) is 0.615. The van der Waals surface area contributed by atoms with Crippen molar-refractivity contribution in [1.29, 1.82) is 0 Å². The number of carbonyl (C=O) groups excluding carboxylic acids is 1. The molecule has 0 amide bonds. The Balaban J connectivity index is 1.82. The molecule has 96 valence electrons. The highest BCUT2D eigenvalue weighted by Crippen LogP contribution is 2.35. The first-order valence-corrected chi connectivity index (χ1v) is 5.60. The Morgan fingerprint density at radius 1 is 1.11 bits per heavy atom. The van der Waals surface area contributed by atoms with E-state index in [9.17, 15) is 9.18 Å². The molecule has 0 aromatic heterocycles. The van der Waals surface area contributed by atoms with Crippen LogP contribution in [0.1, 0.15) is 10.4 Å². The maximum absolute atomic E-state index is 13.4. The van der Waals surface area contributed by atoms with Crippen LogP contribution in [0.4, 0.5) is 4.39 Å². The molecule has 3 rings (SSSR count). The van der Waals surface area contributed by atoms with Crippen LogP contribution in [0.15, 0.2) is 42.5 Å². The Morgan fingerprint density at radius 3 is 2.74 bits per heavy atom. The van der Waals surface area contributed by atoms with Crippen molar-refractivity contribution in [2.45, 2.75) is 0 Å². The number of fused-ring (bicyclic) bond motifs is 1. The lowest BCUT2D eigenvalue weighted by Gasteiger charge is -2.05. The summed E-state index contributed by atoms with van der Waals surface area (Å²) in [6.07, 6.45) is 0. The highest BCUT2D eigenvalue weighted by molar-refractivity contribution is 5.91. The summed E-state index contributed by atoms with van der Waals surface area (Å²) in [6, 6.07) is 10.4. The molecule has 0 fully saturated rings. The van der Waals surface area contributed by atoms with Gasteiger partial charge < -0.3 is 14.2 Å². The second-order valence-electron chi connectivity index (χ2n) is 3.88. The van der Waals surface area contributed by atoms with E-state index in [-0.39, 0.29) is 18.1 Å². The number of carbonyl (C=O) groups is 1. The molecule has 2 aromatic rings. The van der Waals surface area contributed by atoms with Gasteiger partial charge in [0.25, 0.3) is 0 Å². The van der Waals surface area contributed by atoms with E-state index in [0.717, 1.165) is 0 Å². The number of hydrogen-bond acceptors (Lipinski definition) is 4. The average Bonchev–Trinajstić information content (AvgIpc) is 2.86. The van der Waals surface area contributed by atoms with Gasteiger partial charge in [-0.25, -0.2) is 9.18 Å². The van der Waals surface area contributed by atoms with E-state index in [1.807, 2.05) is 0 Å². The maximum Gasteiger partial charge on any atom is 0.346 e.